The van der Waals surface area contributed by atoms with E-state index in [-0.39, 0.29) is 12.1 Å². The maximum Gasteiger partial charge on any atom is 0.410 e. The van der Waals surface area contributed by atoms with Crippen molar-refractivity contribution in [1.29, 1.82) is 0 Å². The zero-order valence-corrected chi connectivity index (χ0v) is 22.2. The molecule has 3 rings (SSSR count). The Labute approximate surface area is 223 Å². The molecule has 0 aliphatic carbocycles. The highest BCUT2D eigenvalue weighted by Crippen LogP contribution is 2.21. The minimum atomic E-state index is -1.02. The number of rotatable bonds is 8. The van der Waals surface area contributed by atoms with Gasteiger partial charge in [-0.25, -0.2) is 9.59 Å². The second-order valence-electron chi connectivity index (χ2n) is 10.0. The fourth-order valence-corrected chi connectivity index (χ4v) is 4.10. The maximum absolute atomic E-state index is 13.4. The van der Waals surface area contributed by atoms with Crippen LogP contribution >= 0.6 is 0 Å². The highest BCUT2D eigenvalue weighted by molar-refractivity contribution is 6.00. The third-order valence-corrected chi connectivity index (χ3v) is 5.87. The topological polar surface area (TPSA) is 114 Å². The summed E-state index contributed by atoms with van der Waals surface area (Å²) in [4.78, 5) is 53.3. The van der Waals surface area contributed by atoms with E-state index in [1.807, 2.05) is 36.4 Å². The Kier molecular flexibility index (Phi) is 9.65. The molecule has 2 aromatic carbocycles. The highest BCUT2D eigenvalue weighted by Gasteiger charge is 2.38. The lowest BCUT2D eigenvalue weighted by atomic mass is 10.0. The second kappa shape index (κ2) is 12.9. The van der Waals surface area contributed by atoms with E-state index in [0.29, 0.717) is 24.9 Å². The summed E-state index contributed by atoms with van der Waals surface area (Å²) >= 11 is 0. The largest absolute Gasteiger partial charge is 0.464 e. The first-order valence-corrected chi connectivity index (χ1v) is 12.6. The van der Waals surface area contributed by atoms with Gasteiger partial charge in [-0.15, -0.1) is 0 Å². The van der Waals surface area contributed by atoms with Crippen molar-refractivity contribution in [3.05, 3.63) is 77.5 Å². The lowest BCUT2D eigenvalue weighted by molar-refractivity contribution is -0.138. The Bertz CT molecular complexity index is 1160. The smallest absolute Gasteiger partial charge is 0.410 e. The number of carbonyl (C=O) groups excluding carboxylic acids is 4. The Morgan fingerprint density at radius 2 is 1.66 bits per heavy atom. The molecule has 9 nitrogen and oxygen atoms in total. The fourth-order valence-electron chi connectivity index (χ4n) is 4.10. The molecule has 0 unspecified atom stereocenters. The predicted molar refractivity (Wildman–Crippen MR) is 143 cm³/mol. The molecule has 2 aromatic rings. The molecule has 1 aliphatic rings. The molecule has 0 aromatic heterocycles. The Morgan fingerprint density at radius 3 is 2.26 bits per heavy atom. The molecule has 1 fully saturated rings. The van der Waals surface area contributed by atoms with Gasteiger partial charge in [0.1, 0.15) is 23.4 Å². The van der Waals surface area contributed by atoms with Crippen LogP contribution in [0.25, 0.3) is 6.08 Å². The van der Waals surface area contributed by atoms with Gasteiger partial charge in [0.05, 0.1) is 7.11 Å². The van der Waals surface area contributed by atoms with Crippen LogP contribution in [0.3, 0.4) is 0 Å². The van der Waals surface area contributed by atoms with Crippen LogP contribution in [0.4, 0.5) is 4.79 Å². The summed E-state index contributed by atoms with van der Waals surface area (Å²) in [5.41, 5.74) is 0.740. The molecule has 0 bridgehead atoms. The van der Waals surface area contributed by atoms with Crippen LogP contribution in [0.2, 0.25) is 0 Å². The zero-order chi connectivity index (χ0) is 27.7. The average molecular weight is 522 g/mol. The Hall–Kier alpha value is -4.14. The van der Waals surface area contributed by atoms with Gasteiger partial charge in [-0.3, -0.25) is 14.5 Å². The van der Waals surface area contributed by atoms with Gasteiger partial charge < -0.3 is 20.1 Å². The number of nitrogens with one attached hydrogen (secondary N) is 2. The van der Waals surface area contributed by atoms with E-state index >= 15 is 0 Å². The van der Waals surface area contributed by atoms with Crippen LogP contribution in [-0.2, 0) is 30.3 Å². The van der Waals surface area contributed by atoms with Crippen molar-refractivity contribution in [3.8, 4) is 0 Å². The Balaban J connectivity index is 1.82. The molecule has 2 atom stereocenters. The van der Waals surface area contributed by atoms with Crippen molar-refractivity contribution in [2.75, 3.05) is 13.7 Å². The van der Waals surface area contributed by atoms with E-state index in [2.05, 4.69) is 10.6 Å². The average Bonchev–Trinajstić information content (AvgIpc) is 3.38. The maximum atomic E-state index is 13.4. The van der Waals surface area contributed by atoms with Crippen LogP contribution in [0, 0.1) is 0 Å². The number of esters is 1. The first-order chi connectivity index (χ1) is 18.1. The number of carbonyl (C=O) groups is 4. The van der Waals surface area contributed by atoms with E-state index in [0.717, 1.165) is 5.56 Å². The van der Waals surface area contributed by atoms with Crippen molar-refractivity contribution < 1.29 is 28.7 Å². The summed E-state index contributed by atoms with van der Waals surface area (Å²) < 4.78 is 10.3. The summed E-state index contributed by atoms with van der Waals surface area (Å²) in [7, 11) is 1.22. The van der Waals surface area contributed by atoms with Gasteiger partial charge in [-0.1, -0.05) is 60.7 Å². The van der Waals surface area contributed by atoms with E-state index in [4.69, 9.17) is 9.47 Å². The minimum absolute atomic E-state index is 0.0627. The number of likely N-dealkylation sites (tertiary alicyclic amines) is 1. The van der Waals surface area contributed by atoms with E-state index in [9.17, 15) is 19.2 Å². The van der Waals surface area contributed by atoms with Crippen LogP contribution < -0.4 is 10.6 Å². The van der Waals surface area contributed by atoms with Gasteiger partial charge in [0, 0.05) is 13.0 Å². The molecule has 0 radical (unpaired) electrons. The molecule has 2 N–H and O–H groups in total. The molecule has 38 heavy (non-hydrogen) atoms. The molecule has 3 amide bonds. The number of hydrogen-bond acceptors (Lipinski definition) is 6. The summed E-state index contributed by atoms with van der Waals surface area (Å²) in [6, 6.07) is 16.4. The number of amides is 3. The second-order valence-corrected chi connectivity index (χ2v) is 10.0. The van der Waals surface area contributed by atoms with Crippen LogP contribution in [0.15, 0.2) is 66.4 Å². The molecule has 202 valence electrons. The minimum Gasteiger partial charge on any atom is -0.464 e. The highest BCUT2D eigenvalue weighted by atomic mass is 16.6. The third-order valence-electron chi connectivity index (χ3n) is 5.87. The summed E-state index contributed by atoms with van der Waals surface area (Å²) in [5, 5.41) is 5.43. The van der Waals surface area contributed by atoms with Crippen LogP contribution in [-0.4, -0.2) is 60.1 Å². The van der Waals surface area contributed by atoms with Crippen molar-refractivity contribution in [2.24, 2.45) is 0 Å². The summed E-state index contributed by atoms with van der Waals surface area (Å²) in [5.74, 6) is -1.77. The van der Waals surface area contributed by atoms with Crippen LogP contribution in [0.5, 0.6) is 0 Å². The van der Waals surface area contributed by atoms with Crippen molar-refractivity contribution in [1.82, 2.24) is 15.5 Å². The third kappa shape index (κ3) is 8.19. The first kappa shape index (κ1) is 28.4. The molecular formula is C29H35N3O6. The molecule has 9 heteroatoms. The summed E-state index contributed by atoms with van der Waals surface area (Å²) in [6.07, 6.45) is 2.20. The molecule has 1 saturated heterocycles. The molecule has 0 spiro atoms. The SMILES string of the molecule is COC(=O)/C(=C/c1ccccc1)NC(=O)[C@H](Cc1ccccc1)NC(=O)[C@@H]1CCCN1C(=O)OC(C)(C)C. The molecule has 0 saturated carbocycles. The molecule has 1 heterocycles. The lowest BCUT2D eigenvalue weighted by Gasteiger charge is -2.29. The number of benzene rings is 2. The fraction of sp³-hybridized carbons (Fsp3) is 0.379. The van der Waals surface area contributed by atoms with Gasteiger partial charge >= 0.3 is 12.1 Å². The van der Waals surface area contributed by atoms with Crippen molar-refractivity contribution >= 4 is 30.0 Å². The van der Waals surface area contributed by atoms with Gasteiger partial charge in [-0.05, 0) is 50.8 Å². The lowest BCUT2D eigenvalue weighted by Crippen LogP contribution is -2.54. The number of methoxy groups -OCH3 is 1. The number of nitrogens with zero attached hydrogens (tertiary/aromatic N) is 1. The monoisotopic (exact) mass is 521 g/mol. The predicted octanol–water partition coefficient (Wildman–Crippen LogP) is 3.44. The standard InChI is InChI=1S/C29H35N3O6/c1-29(2,3)38-28(36)32-17-11-16-24(32)26(34)30-22(18-20-12-7-5-8-13-20)25(33)31-23(27(35)37-4)19-21-14-9-6-10-15-21/h5-10,12-15,19,22,24H,11,16-18H2,1-4H3,(H,30,34)(H,31,33)/b23-19-/t22-,24-/m0/s1. The molecular weight excluding hydrogens is 486 g/mol. The van der Waals surface area contributed by atoms with Gasteiger partial charge in [0.2, 0.25) is 11.8 Å². The van der Waals surface area contributed by atoms with E-state index < -0.39 is 41.6 Å². The van der Waals surface area contributed by atoms with Gasteiger partial charge in [-0.2, -0.15) is 0 Å². The van der Waals surface area contributed by atoms with Crippen molar-refractivity contribution in [3.63, 3.8) is 0 Å². The van der Waals surface area contributed by atoms with E-state index in [1.54, 1.807) is 45.0 Å². The van der Waals surface area contributed by atoms with Gasteiger partial charge in [0.15, 0.2) is 0 Å². The molecule has 1 aliphatic heterocycles. The van der Waals surface area contributed by atoms with Gasteiger partial charge in [0.25, 0.3) is 0 Å². The van der Waals surface area contributed by atoms with E-state index in [1.165, 1.54) is 18.1 Å². The zero-order valence-electron chi connectivity index (χ0n) is 22.2. The number of ether oxygens (including phenoxy) is 2. The first-order valence-electron chi connectivity index (χ1n) is 12.6. The van der Waals surface area contributed by atoms with Crippen LogP contribution in [0.1, 0.15) is 44.7 Å². The summed E-state index contributed by atoms with van der Waals surface area (Å²) in [6.45, 7) is 5.67. The quantitative estimate of drug-likeness (QED) is 0.406. The normalized spacial score (nSPS) is 16.4. The van der Waals surface area contributed by atoms with Crippen molar-refractivity contribution in [2.45, 2.75) is 57.7 Å². The Morgan fingerprint density at radius 1 is 1.03 bits per heavy atom. The number of hydrogen-bond donors (Lipinski definition) is 2.